The third kappa shape index (κ3) is 3.84. The van der Waals surface area contributed by atoms with Gasteiger partial charge in [0.05, 0.1) is 22.2 Å². The molecule has 2 aromatic carbocycles. The molecule has 1 aromatic heterocycles. The molecule has 0 amide bonds. The van der Waals surface area contributed by atoms with E-state index in [-0.39, 0.29) is 33.6 Å². The lowest BCUT2D eigenvalue weighted by Crippen LogP contribution is -2.23. The molecule has 3 rings (SSSR count). The first-order valence-corrected chi connectivity index (χ1v) is 9.26. The minimum absolute atomic E-state index is 0.0416. The van der Waals surface area contributed by atoms with Crippen molar-refractivity contribution in [2.24, 2.45) is 0 Å². The van der Waals surface area contributed by atoms with Gasteiger partial charge in [-0.15, -0.1) is 10.2 Å². The molecule has 0 saturated carbocycles. The lowest BCUT2D eigenvalue weighted by molar-refractivity contribution is 0.105. The molecule has 5 nitrogen and oxygen atoms in total. The first-order chi connectivity index (χ1) is 13.3. The molecule has 8 heteroatoms. The van der Waals surface area contributed by atoms with Crippen molar-refractivity contribution in [3.05, 3.63) is 69.3 Å². The third-order valence-electron chi connectivity index (χ3n) is 4.34. The molecule has 0 spiro atoms. The van der Waals surface area contributed by atoms with Crippen LogP contribution in [0, 0.1) is 18.2 Å². The van der Waals surface area contributed by atoms with E-state index in [2.05, 4.69) is 10.2 Å². The van der Waals surface area contributed by atoms with Crippen molar-refractivity contribution in [3.63, 3.8) is 0 Å². The molecule has 3 aromatic rings. The number of ketones is 1. The number of benzene rings is 2. The largest absolute Gasteiger partial charge is 0.420 e. The van der Waals surface area contributed by atoms with Gasteiger partial charge in [-0.1, -0.05) is 36.2 Å². The molecule has 0 aliphatic heterocycles. The molecule has 0 aliphatic rings. The summed E-state index contributed by atoms with van der Waals surface area (Å²) in [6.07, 6.45) is 0.345. The number of carbonyl (C=O) groups is 1. The van der Waals surface area contributed by atoms with Crippen LogP contribution >= 0.6 is 23.2 Å². The number of aromatic nitrogens is 2. The molecule has 144 valence electrons. The Hall–Kier alpha value is -2.57. The van der Waals surface area contributed by atoms with E-state index in [1.165, 1.54) is 19.1 Å². The Labute approximate surface area is 171 Å². The Morgan fingerprint density at radius 3 is 2.50 bits per heavy atom. The Morgan fingerprint density at radius 2 is 1.86 bits per heavy atom. The molecular weight excluding hydrogens is 404 g/mol. The maximum Gasteiger partial charge on any atom is 0.247 e. The van der Waals surface area contributed by atoms with Gasteiger partial charge in [-0.3, -0.25) is 4.79 Å². The zero-order valence-electron chi connectivity index (χ0n) is 15.1. The predicted molar refractivity (Wildman–Crippen MR) is 106 cm³/mol. The quantitative estimate of drug-likeness (QED) is 0.399. The Kier molecular flexibility index (Phi) is 5.91. The van der Waals surface area contributed by atoms with E-state index in [1.54, 1.807) is 31.2 Å². The topological polar surface area (TPSA) is 79.8 Å². The molecule has 1 unspecified atom stereocenters. The van der Waals surface area contributed by atoms with Crippen LogP contribution in [0.1, 0.15) is 41.1 Å². The summed E-state index contributed by atoms with van der Waals surface area (Å²) < 4.78 is 20.1. The molecule has 0 saturated heterocycles. The van der Waals surface area contributed by atoms with Crippen molar-refractivity contribution in [2.45, 2.75) is 26.2 Å². The van der Waals surface area contributed by atoms with E-state index in [9.17, 15) is 9.18 Å². The second kappa shape index (κ2) is 8.20. The lowest BCUT2D eigenvalue weighted by atomic mass is 9.92. The number of hydrogen-bond donors (Lipinski definition) is 1. The number of Topliss-reactive ketones (excluding diaryl/α,β-unsaturated/α-hetero) is 1. The first-order valence-electron chi connectivity index (χ1n) is 8.50. The fourth-order valence-corrected chi connectivity index (χ4v) is 3.10. The highest BCUT2D eigenvalue weighted by Gasteiger charge is 2.30. The maximum absolute atomic E-state index is 14.4. The van der Waals surface area contributed by atoms with Crippen LogP contribution in [-0.4, -0.2) is 21.7 Å². The number of hydrogen-bond acceptors (Lipinski definition) is 5. The average Bonchev–Trinajstić information content (AvgIpc) is 3.15. The molecule has 0 bridgehead atoms. The van der Waals surface area contributed by atoms with E-state index in [1.807, 2.05) is 0 Å². The zero-order valence-corrected chi connectivity index (χ0v) is 16.6. The number of rotatable bonds is 6. The highest BCUT2D eigenvalue weighted by molar-refractivity contribution is 6.49. The molecule has 0 radical (unpaired) electrons. The van der Waals surface area contributed by atoms with Gasteiger partial charge in [0.1, 0.15) is 5.82 Å². The van der Waals surface area contributed by atoms with Crippen LogP contribution in [-0.2, 0) is 0 Å². The highest BCUT2D eigenvalue weighted by atomic mass is 35.5. The first kappa shape index (κ1) is 20.2. The number of halogens is 3. The van der Waals surface area contributed by atoms with Gasteiger partial charge >= 0.3 is 0 Å². The van der Waals surface area contributed by atoms with E-state index >= 15 is 0 Å². The van der Waals surface area contributed by atoms with Crippen molar-refractivity contribution in [3.8, 4) is 11.5 Å². The Balaban J connectivity index is 1.92. The summed E-state index contributed by atoms with van der Waals surface area (Å²) in [5, 5.41) is 16.8. The average molecular weight is 420 g/mol. The van der Waals surface area contributed by atoms with Gasteiger partial charge in [-0.25, -0.2) is 4.39 Å². The van der Waals surface area contributed by atoms with E-state index in [0.717, 1.165) is 0 Å². The van der Waals surface area contributed by atoms with E-state index in [0.29, 0.717) is 17.0 Å². The number of carbonyl (C=O) groups excluding carboxylic acids is 1. The van der Waals surface area contributed by atoms with Gasteiger partial charge in [-0.05, 0) is 49.2 Å². The zero-order chi connectivity index (χ0) is 20.4. The lowest BCUT2D eigenvalue weighted by Gasteiger charge is -2.13. The molecule has 1 atom stereocenters. The third-order valence-corrected chi connectivity index (χ3v) is 4.91. The standard InChI is InChI=1S/C20H16Cl2FN3O2/c1-3-13(17(24)18(27)15-14(22)9-4-10(2)16(15)23)20-26-25-19(28-20)11-5-7-12(21)8-6-11/h4-9,13,24H,3H2,1-2H3. The molecule has 1 N–H and O–H groups in total. The summed E-state index contributed by atoms with van der Waals surface area (Å²) in [4.78, 5) is 12.8. The number of nitrogens with zero attached hydrogens (tertiary/aromatic N) is 2. The molecular formula is C20H16Cl2FN3O2. The van der Waals surface area contributed by atoms with Crippen LogP contribution in [0.4, 0.5) is 4.39 Å². The SMILES string of the molecule is CCC(C(=N)C(=O)c1c(Cl)ccc(C)c1F)c1nnc(-c2ccc(Cl)cc2)o1. The normalized spacial score (nSPS) is 12.0. The smallest absolute Gasteiger partial charge is 0.247 e. The van der Waals surface area contributed by atoms with Crippen LogP contribution in [0.25, 0.3) is 11.5 Å². The van der Waals surface area contributed by atoms with Crippen molar-refractivity contribution in [1.82, 2.24) is 10.2 Å². The molecule has 28 heavy (non-hydrogen) atoms. The van der Waals surface area contributed by atoms with E-state index < -0.39 is 17.5 Å². The summed E-state index contributed by atoms with van der Waals surface area (Å²) in [6.45, 7) is 3.30. The number of nitrogens with one attached hydrogen (secondary N) is 1. The predicted octanol–water partition coefficient (Wildman–Crippen LogP) is 5.89. The van der Waals surface area contributed by atoms with Crippen molar-refractivity contribution in [1.29, 1.82) is 5.41 Å². The van der Waals surface area contributed by atoms with Gasteiger partial charge in [0, 0.05) is 10.6 Å². The van der Waals surface area contributed by atoms with Crippen molar-refractivity contribution in [2.75, 3.05) is 0 Å². The molecule has 0 fully saturated rings. The highest BCUT2D eigenvalue weighted by Crippen LogP contribution is 2.29. The maximum atomic E-state index is 14.4. The second-order valence-corrected chi connectivity index (χ2v) is 7.05. The van der Waals surface area contributed by atoms with Crippen molar-refractivity contribution < 1.29 is 13.6 Å². The van der Waals surface area contributed by atoms with Crippen LogP contribution in [0.15, 0.2) is 40.8 Å². The van der Waals surface area contributed by atoms with Crippen LogP contribution in [0.5, 0.6) is 0 Å². The molecule has 0 aliphatic carbocycles. The minimum Gasteiger partial charge on any atom is -0.420 e. The second-order valence-electron chi connectivity index (χ2n) is 6.21. The van der Waals surface area contributed by atoms with Crippen LogP contribution in [0.3, 0.4) is 0 Å². The fourth-order valence-electron chi connectivity index (χ4n) is 2.74. The fraction of sp³-hybridized carbons (Fsp3) is 0.200. The summed E-state index contributed by atoms with van der Waals surface area (Å²) in [7, 11) is 0. The summed E-state index contributed by atoms with van der Waals surface area (Å²) in [5.74, 6) is -1.97. The summed E-state index contributed by atoms with van der Waals surface area (Å²) >= 11 is 11.9. The number of aryl methyl sites for hydroxylation is 1. The Morgan fingerprint density at radius 1 is 1.18 bits per heavy atom. The van der Waals surface area contributed by atoms with Gasteiger partial charge < -0.3 is 9.83 Å². The minimum atomic E-state index is -0.802. The van der Waals surface area contributed by atoms with Crippen molar-refractivity contribution >= 4 is 34.7 Å². The van der Waals surface area contributed by atoms with Gasteiger partial charge in [0.2, 0.25) is 17.6 Å². The van der Waals surface area contributed by atoms with Crippen LogP contribution < -0.4 is 0 Å². The van der Waals surface area contributed by atoms with E-state index in [4.69, 9.17) is 33.0 Å². The van der Waals surface area contributed by atoms with Crippen LogP contribution in [0.2, 0.25) is 10.0 Å². The van der Waals surface area contributed by atoms with Gasteiger partial charge in [0.25, 0.3) is 0 Å². The monoisotopic (exact) mass is 419 g/mol. The summed E-state index contributed by atoms with van der Waals surface area (Å²) in [5.41, 5.74) is 0.253. The van der Waals surface area contributed by atoms with Gasteiger partial charge in [0.15, 0.2) is 0 Å². The summed E-state index contributed by atoms with van der Waals surface area (Å²) in [6, 6.07) is 9.73. The molecule has 1 heterocycles. The van der Waals surface area contributed by atoms with Gasteiger partial charge in [-0.2, -0.15) is 0 Å². The Bertz CT molecular complexity index is 1050.